The third-order valence-electron chi connectivity index (χ3n) is 2.48. The Labute approximate surface area is 112 Å². The van der Waals surface area contributed by atoms with Crippen molar-refractivity contribution in [2.45, 2.75) is 24.9 Å². The second-order valence-electron chi connectivity index (χ2n) is 4.05. The molecule has 1 rings (SSSR count). The van der Waals surface area contributed by atoms with E-state index in [1.165, 1.54) is 0 Å². The molecule has 0 spiro atoms. The number of hydrogen-bond acceptors (Lipinski definition) is 2. The second-order valence-corrected chi connectivity index (χ2v) is 4.05. The molecule has 0 amide bonds. The highest BCUT2D eigenvalue weighted by Crippen LogP contribution is 2.52. The van der Waals surface area contributed by atoms with Gasteiger partial charge >= 0.3 is 17.7 Å². The van der Waals surface area contributed by atoms with Gasteiger partial charge in [0.15, 0.2) is 23.3 Å². The maximum atomic E-state index is 13.9. The molecule has 2 nitrogen and oxygen atoms in total. The molecule has 0 aromatic carbocycles. The average molecular weight is 322 g/mol. The number of rotatable bonds is 3. The summed E-state index contributed by atoms with van der Waals surface area (Å²) in [5, 5.41) is 0. The Morgan fingerprint density at radius 3 is 2.14 bits per heavy atom. The van der Waals surface area contributed by atoms with Gasteiger partial charge in [0, 0.05) is 5.57 Å². The topological polar surface area (TPSA) is 26.3 Å². The van der Waals surface area contributed by atoms with Crippen molar-refractivity contribution in [2.24, 2.45) is 0 Å². The van der Waals surface area contributed by atoms with Gasteiger partial charge in [0.2, 0.25) is 6.17 Å². The third-order valence-corrected chi connectivity index (χ3v) is 2.48. The van der Waals surface area contributed by atoms with E-state index < -0.39 is 52.8 Å². The molecule has 1 aliphatic carbocycles. The zero-order valence-corrected chi connectivity index (χ0v) is 10.1. The maximum Gasteiger partial charge on any atom is 0.445 e. The zero-order chi connectivity index (χ0) is 16.7. The van der Waals surface area contributed by atoms with Crippen LogP contribution in [0.5, 0.6) is 0 Å². The smallest absolute Gasteiger partial charge is 0.394 e. The summed E-state index contributed by atoms with van der Waals surface area (Å²) >= 11 is 0. The molecule has 21 heavy (non-hydrogen) atoms. The van der Waals surface area contributed by atoms with Crippen molar-refractivity contribution in [3.8, 4) is 0 Å². The number of alkyl halides is 4. The van der Waals surface area contributed by atoms with Crippen molar-refractivity contribution < 1.29 is 44.7 Å². The summed E-state index contributed by atoms with van der Waals surface area (Å²) in [4.78, 5) is 10.9. The molecule has 0 radical (unpaired) electrons. The molecule has 0 bridgehead atoms. The highest BCUT2D eigenvalue weighted by atomic mass is 19.3. The van der Waals surface area contributed by atoms with Crippen molar-refractivity contribution in [1.29, 1.82) is 0 Å². The van der Waals surface area contributed by atoms with Gasteiger partial charge in [0.1, 0.15) is 0 Å². The van der Waals surface area contributed by atoms with Crippen LogP contribution < -0.4 is 0 Å². The first-order chi connectivity index (χ1) is 9.37. The fourth-order valence-corrected chi connectivity index (χ4v) is 1.31. The Balaban J connectivity index is 3.39. The predicted octanol–water partition coefficient (Wildman–Crippen LogP) is 4.06. The molecule has 118 valence electrons. The van der Waals surface area contributed by atoms with Gasteiger partial charge in [-0.1, -0.05) is 6.58 Å². The Hall–Kier alpha value is -1.87. The number of carbonyl (C=O) groups is 1. The highest BCUT2D eigenvalue weighted by molar-refractivity contribution is 5.87. The Kier molecular flexibility index (Phi) is 4.22. The quantitative estimate of drug-likeness (QED) is 0.445. The molecular formula is C11H6F8O2. The van der Waals surface area contributed by atoms with Crippen LogP contribution in [-0.4, -0.2) is 23.9 Å². The molecule has 1 aliphatic rings. The van der Waals surface area contributed by atoms with E-state index >= 15 is 0 Å². The van der Waals surface area contributed by atoms with E-state index in [0.29, 0.717) is 0 Å². The lowest BCUT2D eigenvalue weighted by atomic mass is 9.90. The monoisotopic (exact) mass is 322 g/mol. The molecule has 0 aromatic heterocycles. The third kappa shape index (κ3) is 2.42. The average Bonchev–Trinajstić information content (AvgIpc) is 2.39. The SMILES string of the molecule is C=C(C)C(=O)OC(F)(F)C1(F)C(F)=C(F)C(F)=C(F)C1F. The largest absolute Gasteiger partial charge is 0.445 e. The molecule has 2 atom stereocenters. The summed E-state index contributed by atoms with van der Waals surface area (Å²) in [7, 11) is 0. The van der Waals surface area contributed by atoms with Crippen molar-refractivity contribution in [1.82, 2.24) is 0 Å². The van der Waals surface area contributed by atoms with Gasteiger partial charge in [0.05, 0.1) is 0 Å². The molecule has 0 saturated carbocycles. The van der Waals surface area contributed by atoms with Gasteiger partial charge in [-0.2, -0.15) is 8.78 Å². The van der Waals surface area contributed by atoms with Gasteiger partial charge in [-0.05, 0) is 6.92 Å². The van der Waals surface area contributed by atoms with Crippen LogP contribution in [-0.2, 0) is 9.53 Å². The number of carbonyl (C=O) groups excluding carboxylic acids is 1. The first kappa shape index (κ1) is 17.2. The molecule has 10 heteroatoms. The molecular weight excluding hydrogens is 316 g/mol. The molecule has 0 heterocycles. The van der Waals surface area contributed by atoms with Crippen LogP contribution in [0.1, 0.15) is 6.92 Å². The lowest BCUT2D eigenvalue weighted by Gasteiger charge is -2.34. The van der Waals surface area contributed by atoms with Gasteiger partial charge < -0.3 is 4.74 Å². The molecule has 0 fully saturated rings. The Bertz CT molecular complexity index is 565. The lowest BCUT2D eigenvalue weighted by Crippen LogP contribution is -2.56. The van der Waals surface area contributed by atoms with Crippen molar-refractivity contribution in [2.75, 3.05) is 0 Å². The van der Waals surface area contributed by atoms with Crippen molar-refractivity contribution in [3.05, 3.63) is 35.5 Å². The van der Waals surface area contributed by atoms with Crippen LogP contribution in [0.25, 0.3) is 0 Å². The number of allylic oxidation sites excluding steroid dienone is 3. The van der Waals surface area contributed by atoms with Crippen LogP contribution >= 0.6 is 0 Å². The summed E-state index contributed by atoms with van der Waals surface area (Å²) in [5.74, 6) is -14.0. The van der Waals surface area contributed by atoms with E-state index in [1.807, 2.05) is 0 Å². The van der Waals surface area contributed by atoms with E-state index in [-0.39, 0.29) is 0 Å². The number of halogens is 8. The lowest BCUT2D eigenvalue weighted by molar-refractivity contribution is -0.297. The highest BCUT2D eigenvalue weighted by Gasteiger charge is 2.71. The minimum Gasteiger partial charge on any atom is -0.394 e. The molecule has 0 aromatic rings. The van der Waals surface area contributed by atoms with E-state index in [0.717, 1.165) is 6.92 Å². The summed E-state index contributed by atoms with van der Waals surface area (Å²) < 4.78 is 109. The van der Waals surface area contributed by atoms with Crippen LogP contribution in [0.15, 0.2) is 35.5 Å². The van der Waals surface area contributed by atoms with Crippen LogP contribution in [0.4, 0.5) is 35.1 Å². The summed E-state index contributed by atoms with van der Waals surface area (Å²) in [6.07, 6.45) is -9.92. The van der Waals surface area contributed by atoms with Gasteiger partial charge in [-0.3, -0.25) is 0 Å². The first-order valence-electron chi connectivity index (χ1n) is 5.08. The molecule has 0 aliphatic heterocycles. The zero-order valence-electron chi connectivity index (χ0n) is 10.1. The molecule has 0 N–H and O–H groups in total. The minimum absolute atomic E-state index is 0.712. The van der Waals surface area contributed by atoms with E-state index in [2.05, 4.69) is 11.3 Å². The van der Waals surface area contributed by atoms with E-state index in [9.17, 15) is 39.9 Å². The van der Waals surface area contributed by atoms with E-state index in [4.69, 9.17) is 0 Å². The van der Waals surface area contributed by atoms with Crippen LogP contribution in [0.3, 0.4) is 0 Å². The Morgan fingerprint density at radius 1 is 1.24 bits per heavy atom. The summed E-state index contributed by atoms with van der Waals surface area (Å²) in [6.45, 7) is 3.68. The fraction of sp³-hybridized carbons (Fsp3) is 0.364. The maximum absolute atomic E-state index is 13.9. The second kappa shape index (κ2) is 5.15. The van der Waals surface area contributed by atoms with E-state index in [1.54, 1.807) is 0 Å². The summed E-state index contributed by atoms with van der Waals surface area (Å²) in [5.41, 5.74) is -6.10. The van der Waals surface area contributed by atoms with Gasteiger partial charge in [0.25, 0.3) is 0 Å². The van der Waals surface area contributed by atoms with Gasteiger partial charge in [-0.25, -0.2) is 31.1 Å². The number of ether oxygens (including phenoxy) is 1. The van der Waals surface area contributed by atoms with Crippen molar-refractivity contribution in [3.63, 3.8) is 0 Å². The first-order valence-corrected chi connectivity index (χ1v) is 5.08. The Morgan fingerprint density at radius 2 is 1.71 bits per heavy atom. The molecule has 2 unspecified atom stereocenters. The van der Waals surface area contributed by atoms with Crippen molar-refractivity contribution >= 4 is 5.97 Å². The van der Waals surface area contributed by atoms with Crippen LogP contribution in [0, 0.1) is 0 Å². The normalized spacial score (nSPS) is 27.0. The summed E-state index contributed by atoms with van der Waals surface area (Å²) in [6, 6.07) is 0. The van der Waals surface area contributed by atoms with Crippen LogP contribution in [0.2, 0.25) is 0 Å². The fourth-order valence-electron chi connectivity index (χ4n) is 1.31. The number of hydrogen-bond donors (Lipinski definition) is 0. The number of esters is 1. The van der Waals surface area contributed by atoms with Gasteiger partial charge in [-0.15, -0.1) is 0 Å². The minimum atomic E-state index is -5.66. The standard InChI is InChI=1S/C11H6F8O2/c1-3(2)9(20)21-11(18,19)10(17)7(15)5(13)4(12)6(14)8(10)16/h7H,1H2,2H3. The molecule has 0 saturated heterocycles. The predicted molar refractivity (Wildman–Crippen MR) is 53.1 cm³/mol.